The molecule has 1 amide bonds. The SMILES string of the molecule is O=C(CBr)NCCCO[C@H]1O[C@H](CO)[C@@H](O)[C@H](O)[C@@H]1O. The number of alkyl halides is 1. The Kier molecular flexibility index (Phi) is 7.88. The number of carbonyl (C=O) groups excluding carboxylic acids is 1. The normalized spacial score (nSPS) is 34.0. The molecule has 0 spiro atoms. The minimum Gasteiger partial charge on any atom is -0.394 e. The lowest BCUT2D eigenvalue weighted by molar-refractivity contribution is -0.301. The molecule has 9 heteroatoms. The summed E-state index contributed by atoms with van der Waals surface area (Å²) in [6.07, 6.45) is -5.85. The van der Waals surface area contributed by atoms with Gasteiger partial charge in [0.2, 0.25) is 5.91 Å². The van der Waals surface area contributed by atoms with Gasteiger partial charge in [0.25, 0.3) is 0 Å². The molecule has 0 aromatic rings. The van der Waals surface area contributed by atoms with Gasteiger partial charge >= 0.3 is 0 Å². The second kappa shape index (κ2) is 8.88. The standard InChI is InChI=1S/C11H20BrNO7/c12-4-7(15)13-2-1-3-19-11-10(18)9(17)8(16)6(5-14)20-11/h6,8-11,14,16-18H,1-5H2,(H,13,15)/t6-,8-,9+,10+,11+/m1/s1. The topological polar surface area (TPSA) is 128 Å². The molecule has 0 unspecified atom stereocenters. The lowest BCUT2D eigenvalue weighted by atomic mass is 9.99. The maximum Gasteiger partial charge on any atom is 0.230 e. The van der Waals surface area contributed by atoms with E-state index >= 15 is 0 Å². The second-order valence-corrected chi connectivity index (χ2v) is 4.97. The van der Waals surface area contributed by atoms with Gasteiger partial charge in [-0.25, -0.2) is 0 Å². The van der Waals surface area contributed by atoms with Gasteiger partial charge in [-0.3, -0.25) is 4.79 Å². The van der Waals surface area contributed by atoms with Crippen molar-refractivity contribution in [1.29, 1.82) is 0 Å². The predicted octanol–water partition coefficient (Wildman–Crippen LogP) is -2.30. The van der Waals surface area contributed by atoms with Crippen molar-refractivity contribution in [3.05, 3.63) is 0 Å². The summed E-state index contributed by atoms with van der Waals surface area (Å²) >= 11 is 3.01. The Bertz CT molecular complexity index is 304. The molecule has 0 saturated carbocycles. The van der Waals surface area contributed by atoms with Crippen LogP contribution in [0.4, 0.5) is 0 Å². The van der Waals surface area contributed by atoms with Crippen molar-refractivity contribution in [3.63, 3.8) is 0 Å². The van der Waals surface area contributed by atoms with Crippen LogP contribution in [0, 0.1) is 0 Å². The van der Waals surface area contributed by atoms with Crippen LogP contribution in [-0.2, 0) is 14.3 Å². The lowest BCUT2D eigenvalue weighted by Gasteiger charge is -2.39. The van der Waals surface area contributed by atoms with E-state index in [1.165, 1.54) is 0 Å². The largest absolute Gasteiger partial charge is 0.394 e. The Balaban J connectivity index is 2.30. The van der Waals surface area contributed by atoms with Gasteiger partial charge in [0.15, 0.2) is 6.29 Å². The van der Waals surface area contributed by atoms with E-state index in [-0.39, 0.29) is 17.8 Å². The first kappa shape index (κ1) is 17.8. The van der Waals surface area contributed by atoms with E-state index in [4.69, 9.17) is 14.6 Å². The van der Waals surface area contributed by atoms with E-state index in [0.717, 1.165) is 0 Å². The van der Waals surface area contributed by atoms with Gasteiger partial charge in [0, 0.05) is 6.54 Å². The highest BCUT2D eigenvalue weighted by Gasteiger charge is 2.43. The van der Waals surface area contributed by atoms with Crippen LogP contribution in [0.15, 0.2) is 0 Å². The molecule has 0 aromatic carbocycles. The molecular weight excluding hydrogens is 338 g/mol. The Labute approximate surface area is 124 Å². The first-order chi connectivity index (χ1) is 9.51. The van der Waals surface area contributed by atoms with E-state index in [9.17, 15) is 20.1 Å². The minimum atomic E-state index is -1.45. The molecular formula is C11H20BrNO7. The van der Waals surface area contributed by atoms with Crippen LogP contribution in [0.3, 0.4) is 0 Å². The molecule has 1 aliphatic heterocycles. The van der Waals surface area contributed by atoms with E-state index in [1.54, 1.807) is 0 Å². The molecule has 118 valence electrons. The minimum absolute atomic E-state index is 0.141. The van der Waals surface area contributed by atoms with E-state index in [1.807, 2.05) is 0 Å². The molecule has 0 bridgehead atoms. The van der Waals surface area contributed by atoms with Crippen LogP contribution in [0.1, 0.15) is 6.42 Å². The third-order valence-corrected chi connectivity index (χ3v) is 3.40. The highest BCUT2D eigenvalue weighted by Crippen LogP contribution is 2.21. The Morgan fingerprint density at radius 1 is 1.25 bits per heavy atom. The number of halogens is 1. The number of carbonyl (C=O) groups is 1. The van der Waals surface area contributed by atoms with Crippen molar-refractivity contribution < 1.29 is 34.7 Å². The summed E-state index contributed by atoms with van der Waals surface area (Å²) in [5, 5.41) is 40.6. The van der Waals surface area contributed by atoms with E-state index < -0.39 is 37.3 Å². The van der Waals surface area contributed by atoms with E-state index in [2.05, 4.69) is 21.2 Å². The number of hydrogen-bond donors (Lipinski definition) is 5. The average molecular weight is 358 g/mol. The molecule has 20 heavy (non-hydrogen) atoms. The average Bonchev–Trinajstić information content (AvgIpc) is 2.46. The maximum absolute atomic E-state index is 10.9. The Morgan fingerprint density at radius 3 is 2.55 bits per heavy atom. The zero-order valence-corrected chi connectivity index (χ0v) is 12.4. The van der Waals surface area contributed by atoms with Crippen molar-refractivity contribution in [2.75, 3.05) is 25.1 Å². The summed E-state index contributed by atoms with van der Waals surface area (Å²) in [5.74, 6) is -0.141. The number of aliphatic hydroxyl groups is 4. The van der Waals surface area contributed by atoms with Crippen LogP contribution in [-0.4, -0.2) is 82.1 Å². The van der Waals surface area contributed by atoms with Gasteiger partial charge < -0.3 is 35.2 Å². The second-order valence-electron chi connectivity index (χ2n) is 4.41. The summed E-state index contributed by atoms with van der Waals surface area (Å²) in [5.41, 5.74) is 0. The van der Waals surface area contributed by atoms with Crippen molar-refractivity contribution in [2.24, 2.45) is 0 Å². The number of hydrogen-bond acceptors (Lipinski definition) is 7. The van der Waals surface area contributed by atoms with E-state index in [0.29, 0.717) is 13.0 Å². The van der Waals surface area contributed by atoms with Crippen molar-refractivity contribution >= 4 is 21.8 Å². The fourth-order valence-corrected chi connectivity index (χ4v) is 1.95. The molecule has 1 heterocycles. The number of aliphatic hydroxyl groups excluding tert-OH is 4. The van der Waals surface area contributed by atoms with Gasteiger partial charge in [-0.15, -0.1) is 0 Å². The van der Waals surface area contributed by atoms with Crippen molar-refractivity contribution in [2.45, 2.75) is 37.1 Å². The molecule has 1 fully saturated rings. The molecule has 8 nitrogen and oxygen atoms in total. The lowest BCUT2D eigenvalue weighted by Crippen LogP contribution is -2.59. The molecule has 0 aliphatic carbocycles. The fraction of sp³-hybridized carbons (Fsp3) is 0.909. The highest BCUT2D eigenvalue weighted by atomic mass is 79.9. The van der Waals surface area contributed by atoms with Crippen molar-refractivity contribution in [3.8, 4) is 0 Å². The summed E-state index contributed by atoms with van der Waals surface area (Å²) in [6.45, 7) is 0.0965. The zero-order chi connectivity index (χ0) is 15.1. The number of ether oxygens (including phenoxy) is 2. The monoisotopic (exact) mass is 357 g/mol. The summed E-state index contributed by atoms with van der Waals surface area (Å²) in [4.78, 5) is 10.9. The summed E-state index contributed by atoms with van der Waals surface area (Å²) < 4.78 is 10.4. The molecule has 0 radical (unpaired) electrons. The molecule has 1 saturated heterocycles. The van der Waals surface area contributed by atoms with Crippen LogP contribution < -0.4 is 5.32 Å². The molecule has 0 aromatic heterocycles. The van der Waals surface area contributed by atoms with Crippen LogP contribution in [0.25, 0.3) is 0 Å². The van der Waals surface area contributed by atoms with Crippen LogP contribution >= 0.6 is 15.9 Å². The zero-order valence-electron chi connectivity index (χ0n) is 10.8. The molecule has 5 atom stereocenters. The van der Waals surface area contributed by atoms with Gasteiger partial charge in [0.05, 0.1) is 18.5 Å². The smallest absolute Gasteiger partial charge is 0.230 e. The van der Waals surface area contributed by atoms with Gasteiger partial charge in [0.1, 0.15) is 24.4 Å². The molecule has 1 aliphatic rings. The van der Waals surface area contributed by atoms with Crippen molar-refractivity contribution in [1.82, 2.24) is 5.32 Å². The fourth-order valence-electron chi connectivity index (χ4n) is 1.75. The highest BCUT2D eigenvalue weighted by molar-refractivity contribution is 9.09. The van der Waals surface area contributed by atoms with Gasteiger partial charge in [-0.05, 0) is 6.42 Å². The number of nitrogens with one attached hydrogen (secondary N) is 1. The van der Waals surface area contributed by atoms with Gasteiger partial charge in [-0.1, -0.05) is 15.9 Å². The third-order valence-electron chi connectivity index (χ3n) is 2.90. The number of rotatable bonds is 7. The van der Waals surface area contributed by atoms with Gasteiger partial charge in [-0.2, -0.15) is 0 Å². The third kappa shape index (κ3) is 4.92. The molecule has 5 N–H and O–H groups in total. The van der Waals surface area contributed by atoms with Crippen LogP contribution in [0.5, 0.6) is 0 Å². The first-order valence-electron chi connectivity index (χ1n) is 6.26. The predicted molar refractivity (Wildman–Crippen MR) is 71.1 cm³/mol. The quantitative estimate of drug-likeness (QED) is 0.256. The Hall–Kier alpha value is -0.290. The molecule has 1 rings (SSSR count). The summed E-state index contributed by atoms with van der Waals surface area (Å²) in [6, 6.07) is 0. The maximum atomic E-state index is 10.9. The first-order valence-corrected chi connectivity index (χ1v) is 7.38. The van der Waals surface area contributed by atoms with Crippen LogP contribution in [0.2, 0.25) is 0 Å². The Morgan fingerprint density at radius 2 is 1.95 bits per heavy atom. The number of amides is 1. The summed E-state index contributed by atoms with van der Waals surface area (Å²) in [7, 11) is 0.